The molecule has 9 heteroatoms. The zero-order chi connectivity index (χ0) is 22.8. The van der Waals surface area contributed by atoms with E-state index in [9.17, 15) is 27.6 Å². The summed E-state index contributed by atoms with van der Waals surface area (Å²) in [5.74, 6) is -1.90. The first-order valence-corrected chi connectivity index (χ1v) is 9.42. The molecule has 1 amide bonds. The molecule has 0 spiro atoms. The SMILES string of the molecule is COc1ccc([C@H]2Cc3c(cccc3C(F)(F)F)N(CC=O)C(=O)[C@H]2OC(C)=O)cc1. The second kappa shape index (κ2) is 8.79. The van der Waals surface area contributed by atoms with E-state index in [1.807, 2.05) is 0 Å². The zero-order valence-electron chi connectivity index (χ0n) is 16.8. The minimum atomic E-state index is -4.67. The van der Waals surface area contributed by atoms with Crippen LogP contribution in [0.2, 0.25) is 0 Å². The number of methoxy groups -OCH3 is 1. The lowest BCUT2D eigenvalue weighted by Crippen LogP contribution is -2.44. The fourth-order valence-corrected chi connectivity index (χ4v) is 3.80. The fraction of sp³-hybridized carbons (Fsp3) is 0.318. The van der Waals surface area contributed by atoms with E-state index in [0.29, 0.717) is 17.6 Å². The molecule has 0 bridgehead atoms. The van der Waals surface area contributed by atoms with Crippen molar-refractivity contribution >= 4 is 23.9 Å². The number of ether oxygens (including phenoxy) is 2. The summed E-state index contributed by atoms with van der Waals surface area (Å²) < 4.78 is 51.7. The number of anilines is 1. The van der Waals surface area contributed by atoms with E-state index in [4.69, 9.17) is 9.47 Å². The van der Waals surface area contributed by atoms with Crippen LogP contribution in [0.1, 0.15) is 29.5 Å². The lowest BCUT2D eigenvalue weighted by Gasteiger charge is -2.27. The van der Waals surface area contributed by atoms with Gasteiger partial charge in [-0.15, -0.1) is 0 Å². The molecule has 0 unspecified atom stereocenters. The third-order valence-electron chi connectivity index (χ3n) is 5.14. The highest BCUT2D eigenvalue weighted by molar-refractivity contribution is 6.01. The number of nitrogens with zero attached hydrogens (tertiary/aromatic N) is 1. The Morgan fingerprint density at radius 2 is 1.87 bits per heavy atom. The van der Waals surface area contributed by atoms with Crippen molar-refractivity contribution in [3.8, 4) is 5.75 Å². The van der Waals surface area contributed by atoms with E-state index in [-0.39, 0.29) is 17.7 Å². The standard InChI is InChI=1S/C22H20F3NO5/c1-13(28)31-20-16(14-6-8-15(30-2)9-7-14)12-17-18(22(23,24)25)4-3-5-19(17)26(10-11-27)21(20)29/h3-9,11,16,20H,10,12H2,1-2H3/t16-,20+/m1/s1. The average Bonchev–Trinajstić information content (AvgIpc) is 2.83. The number of esters is 1. The van der Waals surface area contributed by atoms with Gasteiger partial charge in [-0.3, -0.25) is 9.59 Å². The highest BCUT2D eigenvalue weighted by Crippen LogP contribution is 2.42. The van der Waals surface area contributed by atoms with Gasteiger partial charge in [0.15, 0.2) is 6.10 Å². The molecule has 6 nitrogen and oxygen atoms in total. The van der Waals surface area contributed by atoms with E-state index in [2.05, 4.69) is 0 Å². The van der Waals surface area contributed by atoms with Gasteiger partial charge in [0.1, 0.15) is 12.0 Å². The molecule has 0 aliphatic carbocycles. The first-order valence-electron chi connectivity index (χ1n) is 9.42. The van der Waals surface area contributed by atoms with Crippen LogP contribution in [-0.2, 0) is 31.7 Å². The third-order valence-corrected chi connectivity index (χ3v) is 5.14. The van der Waals surface area contributed by atoms with Gasteiger partial charge in [-0.1, -0.05) is 18.2 Å². The number of fused-ring (bicyclic) bond motifs is 1. The van der Waals surface area contributed by atoms with Gasteiger partial charge in [0.2, 0.25) is 0 Å². The summed E-state index contributed by atoms with van der Waals surface area (Å²) in [6.45, 7) is 0.641. The lowest BCUT2D eigenvalue weighted by molar-refractivity contribution is -0.154. The van der Waals surface area contributed by atoms with Crippen LogP contribution in [0.4, 0.5) is 18.9 Å². The highest BCUT2D eigenvalue weighted by Gasteiger charge is 2.43. The smallest absolute Gasteiger partial charge is 0.416 e. The summed E-state index contributed by atoms with van der Waals surface area (Å²) in [5.41, 5.74) is -0.576. The topological polar surface area (TPSA) is 72.9 Å². The first-order chi connectivity index (χ1) is 14.7. The molecule has 3 rings (SSSR count). The van der Waals surface area contributed by atoms with Gasteiger partial charge >= 0.3 is 12.1 Å². The Labute approximate surface area is 176 Å². The molecule has 2 aromatic rings. The maximum absolute atomic E-state index is 13.8. The van der Waals surface area contributed by atoms with Gasteiger partial charge in [0, 0.05) is 18.5 Å². The van der Waals surface area contributed by atoms with Crippen LogP contribution < -0.4 is 9.64 Å². The zero-order valence-corrected chi connectivity index (χ0v) is 16.8. The maximum Gasteiger partial charge on any atom is 0.416 e. The number of rotatable bonds is 5. The molecule has 2 aromatic carbocycles. The first kappa shape index (κ1) is 22.3. The predicted octanol–water partition coefficient (Wildman–Crippen LogP) is 3.52. The molecule has 2 atom stereocenters. The molecule has 0 saturated carbocycles. The van der Waals surface area contributed by atoms with Gasteiger partial charge in [-0.05, 0) is 41.8 Å². The monoisotopic (exact) mass is 435 g/mol. The Hall–Kier alpha value is -3.36. The molecule has 0 aromatic heterocycles. The molecule has 0 N–H and O–H groups in total. The number of amides is 1. The summed E-state index contributed by atoms with van der Waals surface area (Å²) in [7, 11) is 1.47. The van der Waals surface area contributed by atoms with Crippen LogP contribution in [-0.4, -0.2) is 37.9 Å². The third kappa shape index (κ3) is 4.55. The van der Waals surface area contributed by atoms with Gasteiger partial charge in [0.05, 0.1) is 19.2 Å². The number of carbonyl (C=O) groups excluding carboxylic acids is 3. The van der Waals surface area contributed by atoms with Crippen molar-refractivity contribution < 1.29 is 37.0 Å². The minimum Gasteiger partial charge on any atom is -0.497 e. The Kier molecular flexibility index (Phi) is 6.33. The largest absolute Gasteiger partial charge is 0.497 e. The summed E-state index contributed by atoms with van der Waals surface area (Å²) in [6, 6.07) is 9.90. The molecular weight excluding hydrogens is 415 g/mol. The van der Waals surface area contributed by atoms with Crippen molar-refractivity contribution in [2.45, 2.75) is 31.5 Å². The molecule has 1 aliphatic heterocycles. The number of halogens is 3. The fourth-order valence-electron chi connectivity index (χ4n) is 3.80. The lowest BCUT2D eigenvalue weighted by atomic mass is 9.86. The molecule has 0 saturated heterocycles. The number of hydrogen-bond donors (Lipinski definition) is 0. The van der Waals surface area contributed by atoms with Crippen molar-refractivity contribution in [1.29, 1.82) is 0 Å². The summed E-state index contributed by atoms with van der Waals surface area (Å²) >= 11 is 0. The van der Waals surface area contributed by atoms with Crippen molar-refractivity contribution in [3.63, 3.8) is 0 Å². The molecule has 31 heavy (non-hydrogen) atoms. The number of carbonyl (C=O) groups is 3. The molecule has 1 heterocycles. The molecule has 0 fully saturated rings. The molecule has 164 valence electrons. The van der Waals surface area contributed by atoms with Crippen LogP contribution in [0.3, 0.4) is 0 Å². The van der Waals surface area contributed by atoms with Crippen LogP contribution in [0.15, 0.2) is 42.5 Å². The molecule has 1 aliphatic rings. The van der Waals surface area contributed by atoms with Gasteiger partial charge < -0.3 is 19.2 Å². The van der Waals surface area contributed by atoms with E-state index in [1.54, 1.807) is 24.3 Å². The minimum absolute atomic E-state index is 0.0277. The number of aldehydes is 1. The Bertz CT molecular complexity index is 988. The second-order valence-corrected chi connectivity index (χ2v) is 7.03. The molecular formula is C22H20F3NO5. The Morgan fingerprint density at radius 1 is 1.19 bits per heavy atom. The Balaban J connectivity index is 2.23. The van der Waals surface area contributed by atoms with E-state index in [0.717, 1.165) is 17.9 Å². The van der Waals surface area contributed by atoms with Crippen molar-refractivity contribution in [2.24, 2.45) is 0 Å². The Morgan fingerprint density at radius 3 is 2.42 bits per heavy atom. The summed E-state index contributed by atoms with van der Waals surface area (Å²) in [5, 5.41) is 0. The van der Waals surface area contributed by atoms with Crippen molar-refractivity contribution in [2.75, 3.05) is 18.6 Å². The van der Waals surface area contributed by atoms with Gasteiger partial charge in [0.25, 0.3) is 5.91 Å². The quantitative estimate of drug-likeness (QED) is 0.531. The summed E-state index contributed by atoms with van der Waals surface area (Å²) in [6.07, 6.45) is -5.89. The van der Waals surface area contributed by atoms with Crippen LogP contribution in [0, 0.1) is 0 Å². The van der Waals surface area contributed by atoms with Crippen LogP contribution in [0.5, 0.6) is 5.75 Å². The number of alkyl halides is 3. The molecule has 0 radical (unpaired) electrons. The second-order valence-electron chi connectivity index (χ2n) is 7.03. The highest BCUT2D eigenvalue weighted by atomic mass is 19.4. The average molecular weight is 435 g/mol. The van der Waals surface area contributed by atoms with Gasteiger partial charge in [-0.2, -0.15) is 13.2 Å². The van der Waals surface area contributed by atoms with E-state index in [1.165, 1.54) is 19.2 Å². The van der Waals surface area contributed by atoms with E-state index >= 15 is 0 Å². The van der Waals surface area contributed by atoms with E-state index < -0.39 is 42.2 Å². The van der Waals surface area contributed by atoms with Crippen LogP contribution in [0.25, 0.3) is 0 Å². The van der Waals surface area contributed by atoms with Gasteiger partial charge in [-0.25, -0.2) is 0 Å². The normalized spacial score (nSPS) is 18.7. The maximum atomic E-state index is 13.8. The number of hydrogen-bond acceptors (Lipinski definition) is 5. The van der Waals surface area contributed by atoms with Crippen LogP contribution >= 0.6 is 0 Å². The van der Waals surface area contributed by atoms with Crippen molar-refractivity contribution in [1.82, 2.24) is 0 Å². The predicted molar refractivity (Wildman–Crippen MR) is 105 cm³/mol. The summed E-state index contributed by atoms with van der Waals surface area (Å²) in [4.78, 5) is 37.2. The van der Waals surface area contributed by atoms with Crippen molar-refractivity contribution in [3.05, 3.63) is 59.2 Å². The number of benzene rings is 2.